The molecule has 158 valence electrons. The lowest BCUT2D eigenvalue weighted by Crippen LogP contribution is -2.33. The zero-order valence-electron chi connectivity index (χ0n) is 16.8. The van der Waals surface area contributed by atoms with Crippen molar-refractivity contribution in [2.24, 2.45) is 0 Å². The van der Waals surface area contributed by atoms with Crippen LogP contribution in [-0.2, 0) is 26.2 Å². The minimum absolute atomic E-state index is 0.137. The monoisotopic (exact) mass is 420 g/mol. The number of rotatable bonds is 12. The van der Waals surface area contributed by atoms with Gasteiger partial charge in [0.2, 0.25) is 15.9 Å². The number of methoxy groups -OCH3 is 1. The molecule has 7 nitrogen and oxygen atoms in total. The molecule has 8 heteroatoms. The fourth-order valence-electron chi connectivity index (χ4n) is 2.80. The van der Waals surface area contributed by atoms with E-state index in [2.05, 4.69) is 5.32 Å². The molecule has 0 heterocycles. The second-order valence-electron chi connectivity index (χ2n) is 6.50. The molecule has 0 saturated carbocycles. The number of carbonyl (C=O) groups excluding carboxylic acids is 1. The van der Waals surface area contributed by atoms with E-state index in [1.807, 2.05) is 30.3 Å². The van der Waals surface area contributed by atoms with E-state index in [0.717, 1.165) is 11.8 Å². The van der Waals surface area contributed by atoms with E-state index in [1.165, 1.54) is 11.4 Å². The number of nitrogens with one attached hydrogen (secondary N) is 1. The number of nitrogens with zero attached hydrogens (tertiary/aromatic N) is 1. The quantitative estimate of drug-likeness (QED) is 0.534. The lowest BCUT2D eigenvalue weighted by Gasteiger charge is -2.24. The van der Waals surface area contributed by atoms with Crippen LogP contribution in [-0.4, -0.2) is 47.4 Å². The first kappa shape index (κ1) is 22.7. The molecule has 0 aliphatic carbocycles. The fraction of sp³-hybridized carbons (Fsp3) is 0.381. The Morgan fingerprint density at radius 2 is 1.76 bits per heavy atom. The normalized spacial score (nSPS) is 11.1. The second kappa shape index (κ2) is 11.4. The molecule has 1 amide bonds. The number of amides is 1. The summed E-state index contributed by atoms with van der Waals surface area (Å²) in [4.78, 5) is 12.0. The van der Waals surface area contributed by atoms with E-state index in [4.69, 9.17) is 9.47 Å². The zero-order chi connectivity index (χ0) is 21.1. The van der Waals surface area contributed by atoms with Gasteiger partial charge in [0.15, 0.2) is 0 Å². The molecule has 0 aliphatic heterocycles. The van der Waals surface area contributed by atoms with E-state index in [-0.39, 0.29) is 18.9 Å². The van der Waals surface area contributed by atoms with Crippen molar-refractivity contribution in [3.8, 4) is 5.75 Å². The third-order valence-electron chi connectivity index (χ3n) is 4.20. The first-order chi connectivity index (χ1) is 13.9. The molecule has 1 N–H and O–H groups in total. The van der Waals surface area contributed by atoms with Crippen molar-refractivity contribution in [2.75, 3.05) is 37.4 Å². The molecule has 2 rings (SSSR count). The van der Waals surface area contributed by atoms with Crippen LogP contribution in [0.1, 0.15) is 18.4 Å². The van der Waals surface area contributed by atoms with Gasteiger partial charge in [-0.1, -0.05) is 42.5 Å². The number of sulfonamides is 1. The van der Waals surface area contributed by atoms with E-state index >= 15 is 0 Å². The van der Waals surface area contributed by atoms with Crippen LogP contribution < -0.4 is 14.4 Å². The van der Waals surface area contributed by atoms with Crippen LogP contribution in [0, 0.1) is 0 Å². The van der Waals surface area contributed by atoms with Gasteiger partial charge >= 0.3 is 0 Å². The van der Waals surface area contributed by atoms with Gasteiger partial charge in [-0.05, 0) is 24.1 Å². The van der Waals surface area contributed by atoms with E-state index in [9.17, 15) is 13.2 Å². The highest BCUT2D eigenvalue weighted by atomic mass is 32.2. The number of ether oxygens (including phenoxy) is 2. The van der Waals surface area contributed by atoms with Crippen LogP contribution in [0.3, 0.4) is 0 Å². The SMILES string of the molecule is COc1ccccc1N(CCCC(=O)NCCOCc1ccccc1)S(C)(=O)=O. The Hall–Kier alpha value is -2.58. The molecular weight excluding hydrogens is 392 g/mol. The van der Waals surface area contributed by atoms with E-state index in [0.29, 0.717) is 37.6 Å². The predicted octanol–water partition coefficient (Wildman–Crippen LogP) is 2.57. The van der Waals surface area contributed by atoms with Gasteiger partial charge in [0.25, 0.3) is 0 Å². The van der Waals surface area contributed by atoms with Crippen LogP contribution in [0.2, 0.25) is 0 Å². The second-order valence-corrected chi connectivity index (χ2v) is 8.41. The lowest BCUT2D eigenvalue weighted by molar-refractivity contribution is -0.121. The molecule has 2 aromatic carbocycles. The van der Waals surface area contributed by atoms with Crippen molar-refractivity contribution in [3.05, 3.63) is 60.2 Å². The minimum Gasteiger partial charge on any atom is -0.495 e. The Balaban J connectivity index is 1.74. The van der Waals surface area contributed by atoms with E-state index < -0.39 is 10.0 Å². The highest BCUT2D eigenvalue weighted by Crippen LogP contribution is 2.29. The summed E-state index contributed by atoms with van der Waals surface area (Å²) in [6, 6.07) is 16.7. The Bertz CT molecular complexity index is 872. The molecule has 29 heavy (non-hydrogen) atoms. The summed E-state index contributed by atoms with van der Waals surface area (Å²) in [5.41, 5.74) is 1.54. The molecule has 2 aromatic rings. The number of hydrogen-bond donors (Lipinski definition) is 1. The van der Waals surface area contributed by atoms with Crippen molar-refractivity contribution >= 4 is 21.6 Å². The van der Waals surface area contributed by atoms with Gasteiger partial charge in [0.1, 0.15) is 5.75 Å². The molecule has 0 saturated heterocycles. The molecule has 0 radical (unpaired) electrons. The number of carbonyl (C=O) groups is 1. The first-order valence-electron chi connectivity index (χ1n) is 9.41. The van der Waals surface area contributed by atoms with Crippen LogP contribution in [0.25, 0.3) is 0 Å². The van der Waals surface area contributed by atoms with E-state index in [1.54, 1.807) is 24.3 Å². The summed E-state index contributed by atoms with van der Waals surface area (Å²) < 4.78 is 36.4. The first-order valence-corrected chi connectivity index (χ1v) is 11.3. The maximum Gasteiger partial charge on any atom is 0.232 e. The molecule has 0 fully saturated rings. The highest BCUT2D eigenvalue weighted by molar-refractivity contribution is 7.92. The number of anilines is 1. The van der Waals surface area contributed by atoms with Gasteiger partial charge in [0, 0.05) is 19.5 Å². The predicted molar refractivity (Wildman–Crippen MR) is 114 cm³/mol. The van der Waals surface area contributed by atoms with Crippen LogP contribution in [0.15, 0.2) is 54.6 Å². The smallest absolute Gasteiger partial charge is 0.232 e. The Labute approximate surface area is 172 Å². The third-order valence-corrected chi connectivity index (χ3v) is 5.38. The molecule has 0 aliphatic rings. The highest BCUT2D eigenvalue weighted by Gasteiger charge is 2.20. The van der Waals surface area contributed by atoms with Gasteiger partial charge < -0.3 is 14.8 Å². The van der Waals surface area contributed by atoms with Crippen molar-refractivity contribution in [3.63, 3.8) is 0 Å². The summed E-state index contributed by atoms with van der Waals surface area (Å²) in [7, 11) is -2.00. The summed E-state index contributed by atoms with van der Waals surface area (Å²) >= 11 is 0. The third kappa shape index (κ3) is 7.75. The van der Waals surface area contributed by atoms with Crippen LogP contribution >= 0.6 is 0 Å². The van der Waals surface area contributed by atoms with Crippen LogP contribution in [0.5, 0.6) is 5.75 Å². The Morgan fingerprint density at radius 3 is 2.45 bits per heavy atom. The Morgan fingerprint density at radius 1 is 1.07 bits per heavy atom. The molecule has 0 atom stereocenters. The summed E-state index contributed by atoms with van der Waals surface area (Å²) in [6.07, 6.45) is 1.76. The molecule has 0 aromatic heterocycles. The summed E-state index contributed by atoms with van der Waals surface area (Å²) in [5, 5.41) is 2.79. The van der Waals surface area contributed by atoms with Crippen molar-refractivity contribution in [1.82, 2.24) is 5.32 Å². The largest absolute Gasteiger partial charge is 0.495 e. The van der Waals surface area contributed by atoms with Crippen molar-refractivity contribution in [2.45, 2.75) is 19.4 Å². The van der Waals surface area contributed by atoms with Gasteiger partial charge in [-0.2, -0.15) is 0 Å². The van der Waals surface area contributed by atoms with Gasteiger partial charge in [-0.15, -0.1) is 0 Å². The maximum absolute atomic E-state index is 12.2. The van der Waals surface area contributed by atoms with Crippen LogP contribution in [0.4, 0.5) is 5.69 Å². The van der Waals surface area contributed by atoms with Gasteiger partial charge in [0.05, 0.1) is 32.3 Å². The molecular formula is C21H28N2O5S. The molecule has 0 unspecified atom stereocenters. The topological polar surface area (TPSA) is 84.9 Å². The zero-order valence-corrected chi connectivity index (χ0v) is 17.7. The average Bonchev–Trinajstić information content (AvgIpc) is 2.71. The Kier molecular flexibility index (Phi) is 8.95. The summed E-state index contributed by atoms with van der Waals surface area (Å²) in [5.74, 6) is 0.333. The average molecular weight is 421 g/mol. The summed E-state index contributed by atoms with van der Waals surface area (Å²) in [6.45, 7) is 1.52. The maximum atomic E-state index is 12.2. The fourth-order valence-corrected chi connectivity index (χ4v) is 3.77. The number of hydrogen-bond acceptors (Lipinski definition) is 5. The molecule has 0 bridgehead atoms. The number of benzene rings is 2. The van der Waals surface area contributed by atoms with Gasteiger partial charge in [-0.3, -0.25) is 9.10 Å². The van der Waals surface area contributed by atoms with Crippen molar-refractivity contribution in [1.29, 1.82) is 0 Å². The standard InChI is InChI=1S/C21H28N2O5S/c1-27-20-12-7-6-11-19(20)23(29(2,25)26)15-8-13-21(24)22-14-16-28-17-18-9-4-3-5-10-18/h3-7,9-12H,8,13-17H2,1-2H3,(H,22,24). The lowest BCUT2D eigenvalue weighted by atomic mass is 10.2. The minimum atomic E-state index is -3.50. The van der Waals surface area contributed by atoms with Crippen molar-refractivity contribution < 1.29 is 22.7 Å². The van der Waals surface area contributed by atoms with Gasteiger partial charge in [-0.25, -0.2) is 8.42 Å². The molecule has 0 spiro atoms. The number of para-hydroxylation sites is 2.